The molecule has 7 heteroatoms. The van der Waals surface area contributed by atoms with Gasteiger partial charge >= 0.3 is 0 Å². The standard InChI is InChI=1S/C21H27N5O2/c1-3-17(4-2)26-19(27)13-15-14-22-21(24-20(15)26)23-16-5-7-18(8-6-16)25-9-11-28-12-10-25/h5-8,14,17H,3-4,9-13H2,1-2H3,(H,22,23,24). The van der Waals surface area contributed by atoms with E-state index in [-0.39, 0.29) is 11.9 Å². The molecule has 0 aliphatic carbocycles. The number of carbonyl (C=O) groups is 1. The molecule has 0 spiro atoms. The first-order valence-electron chi connectivity index (χ1n) is 10.1. The minimum Gasteiger partial charge on any atom is -0.378 e. The lowest BCUT2D eigenvalue weighted by molar-refractivity contribution is -0.117. The molecule has 1 amide bonds. The molecule has 0 unspecified atom stereocenters. The van der Waals surface area contributed by atoms with Crippen molar-refractivity contribution in [3.63, 3.8) is 0 Å². The Hall–Kier alpha value is -2.67. The Morgan fingerprint density at radius 2 is 1.86 bits per heavy atom. The summed E-state index contributed by atoms with van der Waals surface area (Å²) < 4.78 is 5.41. The highest BCUT2D eigenvalue weighted by atomic mass is 16.5. The predicted molar refractivity (Wildman–Crippen MR) is 110 cm³/mol. The average molecular weight is 381 g/mol. The van der Waals surface area contributed by atoms with Crippen LogP contribution in [-0.2, 0) is 16.0 Å². The van der Waals surface area contributed by atoms with Gasteiger partial charge in [-0.05, 0) is 37.1 Å². The SMILES string of the molecule is CCC(CC)N1C(=O)Cc2cnc(Nc3ccc(N4CCOCC4)cc3)nc21. The second-order valence-electron chi connectivity index (χ2n) is 7.22. The molecule has 4 rings (SSSR count). The summed E-state index contributed by atoms with van der Waals surface area (Å²) >= 11 is 0. The molecule has 148 valence electrons. The number of anilines is 4. The van der Waals surface area contributed by atoms with Gasteiger partial charge in [0.25, 0.3) is 0 Å². The van der Waals surface area contributed by atoms with Crippen LogP contribution in [0.25, 0.3) is 0 Å². The van der Waals surface area contributed by atoms with Gasteiger partial charge in [-0.1, -0.05) is 13.8 Å². The Kier molecular flexibility index (Phi) is 5.43. The summed E-state index contributed by atoms with van der Waals surface area (Å²) in [6, 6.07) is 8.45. The van der Waals surface area contributed by atoms with Gasteiger partial charge in [0.05, 0.1) is 19.6 Å². The van der Waals surface area contributed by atoms with E-state index in [4.69, 9.17) is 4.74 Å². The zero-order valence-electron chi connectivity index (χ0n) is 16.5. The van der Waals surface area contributed by atoms with E-state index in [2.05, 4.69) is 46.2 Å². The number of rotatable bonds is 6. The minimum atomic E-state index is 0.116. The summed E-state index contributed by atoms with van der Waals surface area (Å²) in [6.45, 7) is 7.59. The van der Waals surface area contributed by atoms with E-state index in [0.29, 0.717) is 12.4 Å². The van der Waals surface area contributed by atoms with Crippen LogP contribution in [0.4, 0.5) is 23.1 Å². The molecular weight excluding hydrogens is 354 g/mol. The topological polar surface area (TPSA) is 70.6 Å². The number of benzene rings is 1. The summed E-state index contributed by atoms with van der Waals surface area (Å²) in [7, 11) is 0. The summed E-state index contributed by atoms with van der Waals surface area (Å²) in [4.78, 5) is 25.7. The maximum atomic E-state index is 12.5. The molecule has 2 aliphatic rings. The molecular formula is C21H27N5O2. The van der Waals surface area contributed by atoms with Gasteiger partial charge in [-0.2, -0.15) is 4.98 Å². The van der Waals surface area contributed by atoms with Crippen molar-refractivity contribution >= 4 is 29.0 Å². The normalized spacial score (nSPS) is 16.6. The third-order valence-corrected chi connectivity index (χ3v) is 5.49. The van der Waals surface area contributed by atoms with Crippen molar-refractivity contribution in [2.24, 2.45) is 0 Å². The Morgan fingerprint density at radius 3 is 2.54 bits per heavy atom. The highest BCUT2D eigenvalue weighted by Gasteiger charge is 2.33. The molecule has 1 N–H and O–H groups in total. The van der Waals surface area contributed by atoms with Gasteiger partial charge in [0.1, 0.15) is 5.82 Å². The van der Waals surface area contributed by atoms with E-state index in [9.17, 15) is 4.79 Å². The monoisotopic (exact) mass is 381 g/mol. The van der Waals surface area contributed by atoms with Gasteiger partial charge < -0.3 is 15.0 Å². The lowest BCUT2D eigenvalue weighted by atomic mass is 10.1. The first-order chi connectivity index (χ1) is 13.7. The molecule has 3 heterocycles. The Labute approximate surface area is 165 Å². The fourth-order valence-corrected chi connectivity index (χ4v) is 3.89. The summed E-state index contributed by atoms with van der Waals surface area (Å²) in [5.41, 5.74) is 3.02. The van der Waals surface area contributed by atoms with Gasteiger partial charge in [0, 0.05) is 42.3 Å². The molecule has 0 bridgehead atoms. The average Bonchev–Trinajstić information content (AvgIpc) is 3.06. The van der Waals surface area contributed by atoms with Crippen LogP contribution < -0.4 is 15.1 Å². The molecule has 1 aromatic carbocycles. The number of fused-ring (bicyclic) bond motifs is 1. The van der Waals surface area contributed by atoms with Crippen molar-refractivity contribution in [1.82, 2.24) is 9.97 Å². The molecule has 1 saturated heterocycles. The van der Waals surface area contributed by atoms with Crippen molar-refractivity contribution in [3.8, 4) is 0 Å². The number of hydrogen-bond donors (Lipinski definition) is 1. The van der Waals surface area contributed by atoms with Crippen LogP contribution in [-0.4, -0.2) is 48.2 Å². The first kappa shape index (κ1) is 18.7. The van der Waals surface area contributed by atoms with Gasteiger partial charge in [0.2, 0.25) is 11.9 Å². The molecule has 1 aromatic heterocycles. The van der Waals surface area contributed by atoms with Crippen LogP contribution in [0.3, 0.4) is 0 Å². The Balaban J connectivity index is 1.51. The van der Waals surface area contributed by atoms with E-state index in [1.807, 2.05) is 17.0 Å². The van der Waals surface area contributed by atoms with E-state index in [0.717, 1.165) is 56.2 Å². The fourth-order valence-electron chi connectivity index (χ4n) is 3.89. The number of amides is 1. The van der Waals surface area contributed by atoms with Crippen molar-refractivity contribution in [2.45, 2.75) is 39.2 Å². The number of ether oxygens (including phenoxy) is 1. The molecule has 0 saturated carbocycles. The van der Waals surface area contributed by atoms with Gasteiger partial charge in [-0.25, -0.2) is 4.98 Å². The third kappa shape index (κ3) is 3.67. The van der Waals surface area contributed by atoms with Crippen LogP contribution >= 0.6 is 0 Å². The Morgan fingerprint density at radius 1 is 1.14 bits per heavy atom. The van der Waals surface area contributed by atoms with Crippen molar-refractivity contribution in [1.29, 1.82) is 0 Å². The summed E-state index contributed by atoms with van der Waals surface area (Å²) in [5, 5.41) is 3.27. The first-order valence-corrected chi connectivity index (χ1v) is 10.1. The summed E-state index contributed by atoms with van der Waals surface area (Å²) in [6.07, 6.45) is 3.99. The number of hydrogen-bond acceptors (Lipinski definition) is 6. The van der Waals surface area contributed by atoms with Gasteiger partial charge in [-0.15, -0.1) is 0 Å². The second-order valence-corrected chi connectivity index (χ2v) is 7.22. The molecule has 7 nitrogen and oxygen atoms in total. The number of morpholine rings is 1. The molecule has 2 aromatic rings. The molecule has 2 aliphatic heterocycles. The molecule has 0 radical (unpaired) electrons. The smallest absolute Gasteiger partial charge is 0.233 e. The maximum absolute atomic E-state index is 12.5. The third-order valence-electron chi connectivity index (χ3n) is 5.49. The number of nitrogens with zero attached hydrogens (tertiary/aromatic N) is 4. The van der Waals surface area contributed by atoms with Crippen molar-refractivity contribution < 1.29 is 9.53 Å². The summed E-state index contributed by atoms with van der Waals surface area (Å²) in [5.74, 6) is 1.38. The van der Waals surface area contributed by atoms with E-state index in [1.54, 1.807) is 6.20 Å². The zero-order chi connectivity index (χ0) is 19.5. The number of nitrogens with one attached hydrogen (secondary N) is 1. The quantitative estimate of drug-likeness (QED) is 0.829. The minimum absolute atomic E-state index is 0.116. The second kappa shape index (κ2) is 8.14. The van der Waals surface area contributed by atoms with Crippen molar-refractivity contribution in [3.05, 3.63) is 36.0 Å². The van der Waals surface area contributed by atoms with Crippen LogP contribution in [0, 0.1) is 0 Å². The van der Waals surface area contributed by atoms with Crippen molar-refractivity contribution in [2.75, 3.05) is 41.4 Å². The lowest BCUT2D eigenvalue weighted by Crippen LogP contribution is -2.37. The number of aromatic nitrogens is 2. The highest BCUT2D eigenvalue weighted by molar-refractivity contribution is 6.00. The molecule has 0 atom stereocenters. The lowest BCUT2D eigenvalue weighted by Gasteiger charge is -2.29. The highest BCUT2D eigenvalue weighted by Crippen LogP contribution is 2.31. The van der Waals surface area contributed by atoms with Crippen LogP contribution in [0.2, 0.25) is 0 Å². The van der Waals surface area contributed by atoms with E-state index >= 15 is 0 Å². The maximum Gasteiger partial charge on any atom is 0.233 e. The number of carbonyl (C=O) groups excluding carboxylic acids is 1. The molecule has 28 heavy (non-hydrogen) atoms. The van der Waals surface area contributed by atoms with E-state index < -0.39 is 0 Å². The fraction of sp³-hybridized carbons (Fsp3) is 0.476. The predicted octanol–water partition coefficient (Wildman–Crippen LogP) is 3.13. The van der Waals surface area contributed by atoms with Crippen LogP contribution in [0.5, 0.6) is 0 Å². The van der Waals surface area contributed by atoms with E-state index in [1.165, 1.54) is 5.69 Å². The van der Waals surface area contributed by atoms with Crippen LogP contribution in [0.15, 0.2) is 30.5 Å². The largest absolute Gasteiger partial charge is 0.378 e. The Bertz CT molecular complexity index is 829. The zero-order valence-corrected chi connectivity index (χ0v) is 16.5. The van der Waals surface area contributed by atoms with Crippen LogP contribution in [0.1, 0.15) is 32.3 Å². The van der Waals surface area contributed by atoms with Gasteiger partial charge in [-0.3, -0.25) is 9.69 Å². The molecule has 1 fully saturated rings. The van der Waals surface area contributed by atoms with Gasteiger partial charge in [0.15, 0.2) is 0 Å².